The summed E-state index contributed by atoms with van der Waals surface area (Å²) in [6, 6.07) is 8.09. The molecule has 1 aromatic carbocycles. The van der Waals surface area contributed by atoms with Crippen molar-refractivity contribution in [1.29, 1.82) is 0 Å². The Kier molecular flexibility index (Phi) is 7.22. The van der Waals surface area contributed by atoms with Gasteiger partial charge in [0.15, 0.2) is 0 Å². The molecule has 4 heteroatoms. The minimum absolute atomic E-state index is 0.369. The average molecular weight is 306 g/mol. The Morgan fingerprint density at radius 1 is 1.18 bits per heavy atom. The van der Waals surface area contributed by atoms with E-state index in [-0.39, 0.29) is 0 Å². The summed E-state index contributed by atoms with van der Waals surface area (Å²) >= 11 is 0. The molecule has 1 rings (SSSR count). The summed E-state index contributed by atoms with van der Waals surface area (Å²) in [6.07, 6.45) is 4.38. The maximum atomic E-state index is 11.9. The van der Waals surface area contributed by atoms with Crippen LogP contribution >= 0.6 is 0 Å². The lowest BCUT2D eigenvalue weighted by molar-refractivity contribution is 0.0636. The number of carbonyl (C=O) groups is 1. The standard InChI is InChI=1S/C18H30N2O2/c1-6-7-8-11-14(2)19-15-12-9-10-13-16(15)20-17(21)22-18(3,4)5/h9-10,12-14,19H,6-8,11H2,1-5H3,(H,20,21). The largest absolute Gasteiger partial charge is 0.444 e. The van der Waals surface area contributed by atoms with Crippen molar-refractivity contribution in [3.63, 3.8) is 0 Å². The van der Waals surface area contributed by atoms with Gasteiger partial charge in [0.2, 0.25) is 0 Å². The Hall–Kier alpha value is -1.71. The molecule has 0 aliphatic rings. The smallest absolute Gasteiger partial charge is 0.412 e. The van der Waals surface area contributed by atoms with Gasteiger partial charge in [-0.1, -0.05) is 38.3 Å². The number of carbonyl (C=O) groups excluding carboxylic acids is 1. The first-order valence-corrected chi connectivity index (χ1v) is 8.17. The Bertz CT molecular complexity index is 466. The SMILES string of the molecule is CCCCCC(C)Nc1ccccc1NC(=O)OC(C)(C)C. The second kappa shape index (κ2) is 8.66. The van der Waals surface area contributed by atoms with Crippen LogP contribution in [0.4, 0.5) is 16.2 Å². The molecule has 0 heterocycles. The molecule has 22 heavy (non-hydrogen) atoms. The fraction of sp³-hybridized carbons (Fsp3) is 0.611. The van der Waals surface area contributed by atoms with E-state index in [9.17, 15) is 4.79 Å². The first kappa shape index (κ1) is 18.3. The predicted octanol–water partition coefficient (Wildman–Crippen LogP) is 5.41. The molecule has 1 amide bonds. The molecule has 4 nitrogen and oxygen atoms in total. The van der Waals surface area contributed by atoms with E-state index in [1.807, 2.05) is 45.0 Å². The highest BCUT2D eigenvalue weighted by Crippen LogP contribution is 2.23. The van der Waals surface area contributed by atoms with Crippen molar-refractivity contribution in [1.82, 2.24) is 0 Å². The number of nitrogens with one attached hydrogen (secondary N) is 2. The van der Waals surface area contributed by atoms with Gasteiger partial charge in [0.25, 0.3) is 0 Å². The van der Waals surface area contributed by atoms with Crippen LogP contribution < -0.4 is 10.6 Å². The van der Waals surface area contributed by atoms with Gasteiger partial charge >= 0.3 is 6.09 Å². The first-order valence-electron chi connectivity index (χ1n) is 8.17. The zero-order valence-corrected chi connectivity index (χ0v) is 14.5. The normalized spacial score (nSPS) is 12.6. The lowest BCUT2D eigenvalue weighted by atomic mass is 10.1. The van der Waals surface area contributed by atoms with Crippen LogP contribution in [0.3, 0.4) is 0 Å². The fourth-order valence-corrected chi connectivity index (χ4v) is 2.17. The number of para-hydroxylation sites is 2. The van der Waals surface area contributed by atoms with Gasteiger partial charge in [0.1, 0.15) is 5.60 Å². The molecular weight excluding hydrogens is 276 g/mol. The molecule has 1 aromatic rings. The summed E-state index contributed by atoms with van der Waals surface area (Å²) < 4.78 is 5.30. The van der Waals surface area contributed by atoms with Gasteiger partial charge < -0.3 is 10.1 Å². The van der Waals surface area contributed by atoms with Gasteiger partial charge in [0.05, 0.1) is 11.4 Å². The molecule has 0 aliphatic carbocycles. The van der Waals surface area contributed by atoms with Crippen molar-refractivity contribution >= 4 is 17.5 Å². The lowest BCUT2D eigenvalue weighted by Gasteiger charge is -2.22. The zero-order chi connectivity index (χ0) is 16.6. The average Bonchev–Trinajstić information content (AvgIpc) is 2.39. The number of anilines is 2. The van der Waals surface area contributed by atoms with Crippen LogP contribution in [0.15, 0.2) is 24.3 Å². The molecule has 0 radical (unpaired) electrons. The highest BCUT2D eigenvalue weighted by atomic mass is 16.6. The molecule has 124 valence electrons. The molecule has 1 atom stereocenters. The molecule has 2 N–H and O–H groups in total. The van der Waals surface area contributed by atoms with Crippen LogP contribution in [0.2, 0.25) is 0 Å². The van der Waals surface area contributed by atoms with E-state index in [4.69, 9.17) is 4.74 Å². The molecule has 1 unspecified atom stereocenters. The zero-order valence-electron chi connectivity index (χ0n) is 14.5. The Morgan fingerprint density at radius 2 is 1.82 bits per heavy atom. The predicted molar refractivity (Wildman–Crippen MR) is 93.5 cm³/mol. The van der Waals surface area contributed by atoms with Gasteiger partial charge in [-0.05, 0) is 46.2 Å². The fourth-order valence-electron chi connectivity index (χ4n) is 2.17. The topological polar surface area (TPSA) is 50.4 Å². The van der Waals surface area contributed by atoms with E-state index in [2.05, 4.69) is 24.5 Å². The molecule has 0 aromatic heterocycles. The van der Waals surface area contributed by atoms with Crippen molar-refractivity contribution in [3.8, 4) is 0 Å². The van der Waals surface area contributed by atoms with Gasteiger partial charge in [0, 0.05) is 6.04 Å². The minimum Gasteiger partial charge on any atom is -0.444 e. The molecule has 0 aliphatic heterocycles. The van der Waals surface area contributed by atoms with Crippen molar-refractivity contribution in [3.05, 3.63) is 24.3 Å². The van der Waals surface area contributed by atoms with E-state index < -0.39 is 11.7 Å². The lowest BCUT2D eigenvalue weighted by Crippen LogP contribution is -2.27. The number of unbranched alkanes of at least 4 members (excludes halogenated alkanes) is 2. The number of hydrogen-bond donors (Lipinski definition) is 2. The van der Waals surface area contributed by atoms with Crippen molar-refractivity contribution in [2.45, 2.75) is 71.9 Å². The Labute approximate surface area is 134 Å². The molecule has 0 spiro atoms. The van der Waals surface area contributed by atoms with Crippen LogP contribution in [0.1, 0.15) is 60.3 Å². The third-order valence-corrected chi connectivity index (χ3v) is 3.21. The number of hydrogen-bond acceptors (Lipinski definition) is 3. The molecule has 0 fully saturated rings. The monoisotopic (exact) mass is 306 g/mol. The third-order valence-electron chi connectivity index (χ3n) is 3.21. The van der Waals surface area contributed by atoms with E-state index >= 15 is 0 Å². The van der Waals surface area contributed by atoms with Crippen molar-refractivity contribution in [2.75, 3.05) is 10.6 Å². The van der Waals surface area contributed by atoms with E-state index in [1.165, 1.54) is 19.3 Å². The Morgan fingerprint density at radius 3 is 2.41 bits per heavy atom. The first-order chi connectivity index (χ1) is 10.3. The van der Waals surface area contributed by atoms with Crippen LogP contribution in [0.25, 0.3) is 0 Å². The summed E-state index contributed by atoms with van der Waals surface area (Å²) in [7, 11) is 0. The van der Waals surface area contributed by atoms with E-state index in [0.29, 0.717) is 6.04 Å². The number of amides is 1. The molecular formula is C18H30N2O2. The van der Waals surface area contributed by atoms with E-state index in [0.717, 1.165) is 17.8 Å². The molecule has 0 saturated heterocycles. The maximum Gasteiger partial charge on any atom is 0.412 e. The summed E-state index contributed by atoms with van der Waals surface area (Å²) in [5, 5.41) is 6.28. The highest BCUT2D eigenvalue weighted by molar-refractivity contribution is 5.89. The highest BCUT2D eigenvalue weighted by Gasteiger charge is 2.17. The van der Waals surface area contributed by atoms with Gasteiger partial charge in [-0.2, -0.15) is 0 Å². The van der Waals surface area contributed by atoms with E-state index in [1.54, 1.807) is 0 Å². The minimum atomic E-state index is -0.500. The third kappa shape index (κ3) is 7.34. The van der Waals surface area contributed by atoms with Crippen LogP contribution in [0, 0.1) is 0 Å². The summed E-state index contributed by atoms with van der Waals surface area (Å²) in [5.74, 6) is 0. The quantitative estimate of drug-likeness (QED) is 0.662. The Balaban J connectivity index is 2.63. The van der Waals surface area contributed by atoms with Crippen LogP contribution in [-0.2, 0) is 4.74 Å². The van der Waals surface area contributed by atoms with Crippen LogP contribution in [0.5, 0.6) is 0 Å². The van der Waals surface area contributed by atoms with Crippen molar-refractivity contribution < 1.29 is 9.53 Å². The van der Waals surface area contributed by atoms with Gasteiger partial charge in [-0.25, -0.2) is 4.79 Å². The summed E-state index contributed by atoms with van der Waals surface area (Å²) in [4.78, 5) is 11.9. The summed E-state index contributed by atoms with van der Waals surface area (Å²) in [6.45, 7) is 9.93. The van der Waals surface area contributed by atoms with Crippen molar-refractivity contribution in [2.24, 2.45) is 0 Å². The second-order valence-electron chi connectivity index (χ2n) is 6.71. The van der Waals surface area contributed by atoms with Gasteiger partial charge in [-0.15, -0.1) is 0 Å². The second-order valence-corrected chi connectivity index (χ2v) is 6.71. The molecule has 0 bridgehead atoms. The van der Waals surface area contributed by atoms with Gasteiger partial charge in [-0.3, -0.25) is 5.32 Å². The molecule has 0 saturated carbocycles. The number of rotatable bonds is 7. The number of ether oxygens (including phenoxy) is 1. The van der Waals surface area contributed by atoms with Crippen LogP contribution in [-0.4, -0.2) is 17.7 Å². The number of benzene rings is 1. The maximum absolute atomic E-state index is 11.9. The summed E-state index contributed by atoms with van der Waals surface area (Å²) in [5.41, 5.74) is 1.18.